The Hall–Kier alpha value is -2.32. The van der Waals surface area contributed by atoms with E-state index in [9.17, 15) is 18.3 Å². The number of thioether (sulfide) groups is 1. The molecule has 3 aromatic rings. The van der Waals surface area contributed by atoms with Crippen LogP contribution in [0, 0.1) is 19.8 Å². The minimum absolute atomic E-state index is 0.119. The van der Waals surface area contributed by atoms with Crippen molar-refractivity contribution in [3.63, 3.8) is 0 Å². The second-order valence-electron chi connectivity index (χ2n) is 8.61. The summed E-state index contributed by atoms with van der Waals surface area (Å²) in [5.41, 5.74) is 2.82. The lowest BCUT2D eigenvalue weighted by Gasteiger charge is -2.41. The van der Waals surface area contributed by atoms with E-state index in [1.54, 1.807) is 42.5 Å². The van der Waals surface area contributed by atoms with Crippen molar-refractivity contribution in [1.29, 1.82) is 0 Å². The third-order valence-corrected chi connectivity index (χ3v) is 9.61. The topological polar surface area (TPSA) is 74.7 Å². The highest BCUT2D eigenvalue weighted by atomic mass is 35.5. The van der Waals surface area contributed by atoms with Crippen molar-refractivity contribution in [3.8, 4) is 0 Å². The molecule has 0 aliphatic carbocycles. The Labute approximate surface area is 209 Å². The lowest BCUT2D eigenvalue weighted by molar-refractivity contribution is -0.143. The molecular weight excluding hydrogens is 490 g/mol. The molecule has 1 saturated heterocycles. The van der Waals surface area contributed by atoms with Crippen LogP contribution in [0.5, 0.6) is 0 Å². The van der Waals surface area contributed by atoms with E-state index in [0.717, 1.165) is 21.6 Å². The Morgan fingerprint density at radius 3 is 2.21 bits per heavy atom. The van der Waals surface area contributed by atoms with E-state index >= 15 is 0 Å². The number of carbonyl (C=O) groups is 1. The average Bonchev–Trinajstić information content (AvgIpc) is 2.80. The molecule has 1 aliphatic heterocycles. The standard InChI is InChI=1S/C26H26ClNO4S2/c1-17-6-10-21(11-7-17)33-25-15-24(19-4-3-5-20(27)14-19)28(16-23(25)26(29)30)34(31,32)22-12-8-18(2)9-13-22/h3-14,23-25H,15-16H2,1-2H3,(H,29,30)/t23-,24+,25-/m1/s1. The average molecular weight is 516 g/mol. The minimum Gasteiger partial charge on any atom is -0.481 e. The fraction of sp³-hybridized carbons (Fsp3) is 0.269. The van der Waals surface area contributed by atoms with Gasteiger partial charge < -0.3 is 5.11 Å². The van der Waals surface area contributed by atoms with Gasteiger partial charge in [-0.25, -0.2) is 8.42 Å². The van der Waals surface area contributed by atoms with Crippen LogP contribution in [0.3, 0.4) is 0 Å². The van der Waals surface area contributed by atoms with Crippen LogP contribution in [-0.2, 0) is 14.8 Å². The number of sulfonamides is 1. The highest BCUT2D eigenvalue weighted by Crippen LogP contribution is 2.44. The molecule has 3 aromatic carbocycles. The molecule has 0 amide bonds. The molecule has 8 heteroatoms. The Bertz CT molecular complexity index is 1280. The third kappa shape index (κ3) is 5.33. The van der Waals surface area contributed by atoms with E-state index in [0.29, 0.717) is 11.4 Å². The first-order chi connectivity index (χ1) is 16.1. The summed E-state index contributed by atoms with van der Waals surface area (Å²) in [6, 6.07) is 21.2. The predicted molar refractivity (Wildman–Crippen MR) is 136 cm³/mol. The molecule has 1 heterocycles. The quantitative estimate of drug-likeness (QED) is 0.438. The number of aryl methyl sites for hydroxylation is 2. The predicted octanol–water partition coefficient (Wildman–Crippen LogP) is 5.95. The van der Waals surface area contributed by atoms with Gasteiger partial charge in [-0.05, 0) is 62.2 Å². The Balaban J connectivity index is 1.76. The molecule has 4 rings (SSSR count). The van der Waals surface area contributed by atoms with Gasteiger partial charge in [-0.1, -0.05) is 59.1 Å². The van der Waals surface area contributed by atoms with Gasteiger partial charge in [0.1, 0.15) is 0 Å². The Morgan fingerprint density at radius 2 is 1.62 bits per heavy atom. The maximum Gasteiger partial charge on any atom is 0.308 e. The van der Waals surface area contributed by atoms with Gasteiger partial charge in [0.25, 0.3) is 0 Å². The molecule has 0 saturated carbocycles. The molecule has 3 atom stereocenters. The number of carboxylic acid groups (broad SMARTS) is 1. The lowest BCUT2D eigenvalue weighted by Crippen LogP contribution is -2.49. The molecule has 1 aliphatic rings. The van der Waals surface area contributed by atoms with Gasteiger partial charge in [0.2, 0.25) is 10.0 Å². The molecule has 0 bridgehead atoms. The van der Waals surface area contributed by atoms with Crippen LogP contribution in [0.4, 0.5) is 0 Å². The van der Waals surface area contributed by atoms with E-state index in [2.05, 4.69) is 0 Å². The number of rotatable bonds is 6. The summed E-state index contributed by atoms with van der Waals surface area (Å²) in [5.74, 6) is -1.86. The molecule has 0 spiro atoms. The van der Waals surface area contributed by atoms with Gasteiger partial charge in [-0.15, -0.1) is 11.8 Å². The second kappa shape index (κ2) is 10.1. The zero-order chi connectivity index (χ0) is 24.5. The van der Waals surface area contributed by atoms with Crippen LogP contribution in [0.15, 0.2) is 82.6 Å². The van der Waals surface area contributed by atoms with E-state index in [4.69, 9.17) is 11.6 Å². The fourth-order valence-corrected chi connectivity index (χ4v) is 7.36. The molecule has 1 N–H and O–H groups in total. The first-order valence-electron chi connectivity index (χ1n) is 11.0. The van der Waals surface area contributed by atoms with Gasteiger partial charge >= 0.3 is 5.97 Å². The van der Waals surface area contributed by atoms with Crippen LogP contribution in [-0.4, -0.2) is 35.6 Å². The zero-order valence-electron chi connectivity index (χ0n) is 18.9. The zero-order valence-corrected chi connectivity index (χ0v) is 21.3. The maximum absolute atomic E-state index is 13.7. The number of nitrogens with zero attached hydrogens (tertiary/aromatic N) is 1. The van der Waals surface area contributed by atoms with Crippen molar-refractivity contribution in [2.45, 2.75) is 41.4 Å². The second-order valence-corrected chi connectivity index (χ2v) is 12.2. The van der Waals surface area contributed by atoms with Gasteiger partial charge in [0, 0.05) is 21.7 Å². The number of piperidine rings is 1. The number of benzene rings is 3. The molecule has 0 aromatic heterocycles. The van der Waals surface area contributed by atoms with Gasteiger partial charge in [0.15, 0.2) is 0 Å². The van der Waals surface area contributed by atoms with Crippen molar-refractivity contribution < 1.29 is 18.3 Å². The van der Waals surface area contributed by atoms with Crippen LogP contribution in [0.2, 0.25) is 5.02 Å². The monoisotopic (exact) mass is 515 g/mol. The number of carboxylic acids is 1. The molecule has 5 nitrogen and oxygen atoms in total. The summed E-state index contributed by atoms with van der Waals surface area (Å²) in [6.45, 7) is 3.77. The molecule has 0 radical (unpaired) electrons. The fourth-order valence-electron chi connectivity index (χ4n) is 4.23. The lowest BCUT2D eigenvalue weighted by atomic mass is 9.90. The Kier molecular flexibility index (Phi) is 7.38. The smallest absolute Gasteiger partial charge is 0.308 e. The molecule has 178 valence electrons. The number of halogens is 1. The molecule has 34 heavy (non-hydrogen) atoms. The van der Waals surface area contributed by atoms with Crippen molar-refractivity contribution in [3.05, 3.63) is 94.5 Å². The van der Waals surface area contributed by atoms with E-state index in [-0.39, 0.29) is 16.7 Å². The normalized spacial score (nSPS) is 21.3. The Morgan fingerprint density at radius 1 is 1.00 bits per heavy atom. The summed E-state index contributed by atoms with van der Waals surface area (Å²) >= 11 is 7.74. The van der Waals surface area contributed by atoms with Crippen molar-refractivity contribution in [2.75, 3.05) is 6.54 Å². The van der Waals surface area contributed by atoms with Crippen molar-refractivity contribution in [1.82, 2.24) is 4.31 Å². The minimum atomic E-state index is -3.94. The van der Waals surface area contributed by atoms with Crippen LogP contribution >= 0.6 is 23.4 Å². The molecule has 0 unspecified atom stereocenters. The first-order valence-corrected chi connectivity index (χ1v) is 13.6. The van der Waals surface area contributed by atoms with Crippen molar-refractivity contribution in [2.24, 2.45) is 5.92 Å². The molecule has 1 fully saturated rings. The highest BCUT2D eigenvalue weighted by molar-refractivity contribution is 8.00. The molecular formula is C26H26ClNO4S2. The van der Waals surface area contributed by atoms with Crippen LogP contribution < -0.4 is 0 Å². The van der Waals surface area contributed by atoms with Gasteiger partial charge in [-0.2, -0.15) is 4.31 Å². The SMILES string of the molecule is Cc1ccc(S[C@@H]2C[C@@H](c3cccc(Cl)c3)N(S(=O)(=O)c3ccc(C)cc3)C[C@H]2C(=O)O)cc1. The summed E-state index contributed by atoms with van der Waals surface area (Å²) < 4.78 is 28.8. The van der Waals surface area contributed by atoms with Gasteiger partial charge in [-0.3, -0.25) is 4.79 Å². The summed E-state index contributed by atoms with van der Waals surface area (Å²) in [4.78, 5) is 13.4. The number of hydrogen-bond donors (Lipinski definition) is 1. The van der Waals surface area contributed by atoms with E-state index in [1.165, 1.54) is 16.1 Å². The summed E-state index contributed by atoms with van der Waals surface area (Å²) in [5, 5.41) is 10.3. The third-order valence-electron chi connectivity index (χ3n) is 6.12. The van der Waals surface area contributed by atoms with Crippen molar-refractivity contribution >= 4 is 39.4 Å². The summed E-state index contributed by atoms with van der Waals surface area (Å²) in [7, 11) is -3.94. The van der Waals surface area contributed by atoms with Gasteiger partial charge in [0.05, 0.1) is 16.9 Å². The van der Waals surface area contributed by atoms with E-state index in [1.807, 2.05) is 44.2 Å². The van der Waals surface area contributed by atoms with Crippen LogP contribution in [0.1, 0.15) is 29.2 Å². The largest absolute Gasteiger partial charge is 0.481 e. The first kappa shape index (κ1) is 24.8. The van der Waals surface area contributed by atoms with E-state index < -0.39 is 28.0 Å². The van der Waals surface area contributed by atoms with Crippen LogP contribution in [0.25, 0.3) is 0 Å². The number of hydrogen-bond acceptors (Lipinski definition) is 4. The summed E-state index contributed by atoms with van der Waals surface area (Å²) in [6.07, 6.45) is 0.348. The number of aliphatic carboxylic acids is 1. The maximum atomic E-state index is 13.7. The highest BCUT2D eigenvalue weighted by Gasteiger charge is 2.45.